The van der Waals surface area contributed by atoms with E-state index in [1.165, 1.54) is 18.5 Å². The molecule has 0 aliphatic carbocycles. The first-order chi connectivity index (χ1) is 14.9. The van der Waals surface area contributed by atoms with Crippen LogP contribution in [0.3, 0.4) is 0 Å². The molecule has 0 saturated carbocycles. The molecule has 8 nitrogen and oxygen atoms in total. The van der Waals surface area contributed by atoms with Crippen molar-refractivity contribution in [1.82, 2.24) is 25.5 Å². The van der Waals surface area contributed by atoms with Gasteiger partial charge in [0.2, 0.25) is 5.91 Å². The molecule has 0 radical (unpaired) electrons. The van der Waals surface area contributed by atoms with E-state index in [-0.39, 0.29) is 17.0 Å². The number of halogens is 2. The Hall–Kier alpha value is -2.94. The molecule has 0 spiro atoms. The first kappa shape index (κ1) is 21.3. The lowest BCUT2D eigenvalue weighted by Crippen LogP contribution is -2.55. The molecule has 3 heterocycles. The van der Waals surface area contributed by atoms with E-state index in [9.17, 15) is 9.18 Å². The molecule has 3 aromatic rings. The van der Waals surface area contributed by atoms with E-state index < -0.39 is 11.9 Å². The summed E-state index contributed by atoms with van der Waals surface area (Å²) >= 11 is 5.94. The van der Waals surface area contributed by atoms with Crippen molar-refractivity contribution in [2.45, 2.75) is 38.8 Å². The van der Waals surface area contributed by atoms with Crippen LogP contribution in [0.4, 0.5) is 15.9 Å². The lowest BCUT2D eigenvalue weighted by molar-refractivity contribution is -0.123. The molecule has 0 bridgehead atoms. The smallest absolute Gasteiger partial charge is 0.242 e. The SMILES string of the molecule is CCC(Nc1cc(F)cc(Cl)c1)C(=O)NC1CN(c2ncnc3[nH]ncc23)CCC1C. The number of amides is 1. The second-order valence-electron chi connectivity index (χ2n) is 7.92. The zero-order valence-electron chi connectivity index (χ0n) is 17.4. The number of hydrogen-bond acceptors (Lipinski definition) is 6. The predicted molar refractivity (Wildman–Crippen MR) is 119 cm³/mol. The van der Waals surface area contributed by atoms with Crippen molar-refractivity contribution < 1.29 is 9.18 Å². The number of H-pyrrole nitrogens is 1. The summed E-state index contributed by atoms with van der Waals surface area (Å²) in [6.07, 6.45) is 4.70. The number of carbonyl (C=O) groups excluding carboxylic acids is 1. The molecule has 1 fully saturated rings. The fourth-order valence-electron chi connectivity index (χ4n) is 3.93. The first-order valence-electron chi connectivity index (χ1n) is 10.4. The van der Waals surface area contributed by atoms with Crippen LogP contribution < -0.4 is 15.5 Å². The summed E-state index contributed by atoms with van der Waals surface area (Å²) in [6, 6.07) is 3.62. The highest BCUT2D eigenvalue weighted by molar-refractivity contribution is 6.30. The highest BCUT2D eigenvalue weighted by Crippen LogP contribution is 2.27. The van der Waals surface area contributed by atoms with Crippen LogP contribution in [0.15, 0.2) is 30.7 Å². The molecular formula is C21H25ClFN7O. The molecule has 1 saturated heterocycles. The predicted octanol–water partition coefficient (Wildman–Crippen LogP) is 3.37. The average molecular weight is 446 g/mol. The second-order valence-corrected chi connectivity index (χ2v) is 8.36. The van der Waals surface area contributed by atoms with E-state index in [4.69, 9.17) is 11.6 Å². The van der Waals surface area contributed by atoms with Gasteiger partial charge in [-0.05, 0) is 37.0 Å². The van der Waals surface area contributed by atoms with Gasteiger partial charge in [-0.1, -0.05) is 25.4 Å². The quantitative estimate of drug-likeness (QED) is 0.538. The molecule has 31 heavy (non-hydrogen) atoms. The maximum absolute atomic E-state index is 13.7. The maximum atomic E-state index is 13.7. The summed E-state index contributed by atoms with van der Waals surface area (Å²) in [4.78, 5) is 23.8. The molecule has 164 valence electrons. The van der Waals surface area contributed by atoms with Crippen LogP contribution >= 0.6 is 11.6 Å². The molecule has 1 aliphatic rings. The molecule has 1 amide bonds. The van der Waals surface area contributed by atoms with Gasteiger partial charge < -0.3 is 15.5 Å². The number of nitrogens with zero attached hydrogens (tertiary/aromatic N) is 4. The van der Waals surface area contributed by atoms with E-state index >= 15 is 0 Å². The Bertz CT molecular complexity index is 1050. The van der Waals surface area contributed by atoms with Crippen molar-refractivity contribution >= 4 is 40.0 Å². The summed E-state index contributed by atoms with van der Waals surface area (Å²) in [5, 5.41) is 14.3. The highest BCUT2D eigenvalue weighted by Gasteiger charge is 2.31. The largest absolute Gasteiger partial charge is 0.374 e. The fraction of sp³-hybridized carbons (Fsp3) is 0.429. The van der Waals surface area contributed by atoms with Gasteiger partial charge in [0.05, 0.1) is 11.6 Å². The van der Waals surface area contributed by atoms with Crippen molar-refractivity contribution in [1.29, 1.82) is 0 Å². The highest BCUT2D eigenvalue weighted by atomic mass is 35.5. The van der Waals surface area contributed by atoms with Crippen molar-refractivity contribution in [3.63, 3.8) is 0 Å². The molecule has 1 aromatic carbocycles. The lowest BCUT2D eigenvalue weighted by atomic mass is 9.93. The minimum Gasteiger partial charge on any atom is -0.374 e. The normalized spacial score (nSPS) is 19.9. The van der Waals surface area contributed by atoms with Crippen molar-refractivity contribution in [3.05, 3.63) is 41.6 Å². The van der Waals surface area contributed by atoms with Crippen LogP contribution in [0.5, 0.6) is 0 Å². The van der Waals surface area contributed by atoms with Crippen LogP contribution in [0.25, 0.3) is 11.0 Å². The zero-order valence-corrected chi connectivity index (χ0v) is 18.2. The van der Waals surface area contributed by atoms with Gasteiger partial charge in [0.25, 0.3) is 0 Å². The van der Waals surface area contributed by atoms with Gasteiger partial charge in [-0.25, -0.2) is 14.4 Å². The van der Waals surface area contributed by atoms with E-state index in [1.807, 2.05) is 6.92 Å². The lowest BCUT2D eigenvalue weighted by Gasteiger charge is -2.38. The zero-order chi connectivity index (χ0) is 22.0. The summed E-state index contributed by atoms with van der Waals surface area (Å²) in [7, 11) is 0. The van der Waals surface area contributed by atoms with Crippen LogP contribution in [0.1, 0.15) is 26.7 Å². The Balaban J connectivity index is 1.46. The maximum Gasteiger partial charge on any atom is 0.242 e. The Morgan fingerprint density at radius 3 is 3.00 bits per heavy atom. The molecule has 1 aliphatic heterocycles. The number of benzene rings is 1. The van der Waals surface area contributed by atoms with E-state index in [2.05, 4.69) is 42.6 Å². The molecule has 2 aromatic heterocycles. The Morgan fingerprint density at radius 1 is 1.39 bits per heavy atom. The number of piperidine rings is 1. The number of aromatic nitrogens is 4. The fourth-order valence-corrected chi connectivity index (χ4v) is 4.15. The van der Waals surface area contributed by atoms with E-state index in [1.54, 1.807) is 12.3 Å². The van der Waals surface area contributed by atoms with Crippen molar-refractivity contribution in [2.75, 3.05) is 23.3 Å². The number of hydrogen-bond donors (Lipinski definition) is 3. The van der Waals surface area contributed by atoms with Gasteiger partial charge >= 0.3 is 0 Å². The molecule has 4 rings (SSSR count). The monoisotopic (exact) mass is 445 g/mol. The van der Waals surface area contributed by atoms with E-state index in [0.29, 0.717) is 30.2 Å². The third kappa shape index (κ3) is 4.71. The van der Waals surface area contributed by atoms with Crippen molar-refractivity contribution in [3.8, 4) is 0 Å². The second kappa shape index (κ2) is 9.05. The third-order valence-electron chi connectivity index (χ3n) is 5.74. The average Bonchev–Trinajstić information content (AvgIpc) is 3.22. The molecule has 3 N–H and O–H groups in total. The number of aromatic amines is 1. The number of nitrogens with one attached hydrogen (secondary N) is 3. The molecule has 3 unspecified atom stereocenters. The number of rotatable bonds is 6. The van der Waals surface area contributed by atoms with Gasteiger partial charge in [-0.3, -0.25) is 9.89 Å². The summed E-state index contributed by atoms with van der Waals surface area (Å²) in [5.41, 5.74) is 1.17. The minimum absolute atomic E-state index is 0.0508. The molecular weight excluding hydrogens is 421 g/mol. The number of anilines is 2. The Morgan fingerprint density at radius 2 is 2.23 bits per heavy atom. The summed E-state index contributed by atoms with van der Waals surface area (Å²) in [6.45, 7) is 5.51. The molecule has 10 heteroatoms. The van der Waals surface area contributed by atoms with Crippen molar-refractivity contribution in [2.24, 2.45) is 5.92 Å². The van der Waals surface area contributed by atoms with Crippen LogP contribution in [0, 0.1) is 11.7 Å². The summed E-state index contributed by atoms with van der Waals surface area (Å²) < 4.78 is 13.7. The van der Waals surface area contributed by atoms with Gasteiger partial charge in [0, 0.05) is 29.8 Å². The first-order valence-corrected chi connectivity index (χ1v) is 10.7. The van der Waals surface area contributed by atoms with Crippen LogP contribution in [-0.4, -0.2) is 51.2 Å². The topological polar surface area (TPSA) is 98.8 Å². The standard InChI is InChI=1S/C21H25ClFN7O/c1-3-17(27-15-7-13(22)6-14(23)8-15)21(31)28-18-10-30(5-4-12(18)2)20-16-9-26-29-19(16)24-11-25-20/h6-9,11-12,17-18,27H,3-5,10H2,1-2H3,(H,28,31)(H,24,25,26,29). The molecule has 3 atom stereocenters. The van der Waals surface area contributed by atoms with Gasteiger partial charge in [0.1, 0.15) is 24.0 Å². The van der Waals surface area contributed by atoms with E-state index in [0.717, 1.165) is 24.2 Å². The van der Waals surface area contributed by atoms with Crippen LogP contribution in [0.2, 0.25) is 5.02 Å². The third-order valence-corrected chi connectivity index (χ3v) is 5.96. The Kier molecular flexibility index (Phi) is 6.22. The Labute approximate surface area is 184 Å². The van der Waals surface area contributed by atoms with Gasteiger partial charge in [-0.2, -0.15) is 5.10 Å². The number of carbonyl (C=O) groups is 1. The number of fused-ring (bicyclic) bond motifs is 1. The summed E-state index contributed by atoms with van der Waals surface area (Å²) in [5.74, 6) is 0.544. The van der Waals surface area contributed by atoms with Gasteiger partial charge in [0.15, 0.2) is 5.65 Å². The van der Waals surface area contributed by atoms with Gasteiger partial charge in [-0.15, -0.1) is 0 Å². The minimum atomic E-state index is -0.500. The van der Waals surface area contributed by atoms with Crippen LogP contribution in [-0.2, 0) is 4.79 Å².